The van der Waals surface area contributed by atoms with Crippen molar-refractivity contribution in [3.8, 4) is 27.9 Å². The molecule has 0 N–H and O–H groups in total. The lowest BCUT2D eigenvalue weighted by Gasteiger charge is -2.30. The lowest BCUT2D eigenvalue weighted by molar-refractivity contribution is 1.18. The van der Waals surface area contributed by atoms with Gasteiger partial charge in [-0.2, -0.15) is 0 Å². The van der Waals surface area contributed by atoms with Gasteiger partial charge in [0, 0.05) is 27.7 Å². The van der Waals surface area contributed by atoms with E-state index in [1.165, 1.54) is 66.1 Å². The highest BCUT2D eigenvalue weighted by Crippen LogP contribution is 2.48. The SMILES string of the molecule is Cc1cccc(-c2cccc3ccccc23)c1N(c1ccc(-c2ccccc2)cc1)c1cccc2c1c1ccccc1n2-c1ccccc1. The lowest BCUT2D eigenvalue weighted by atomic mass is 9.94. The number of benzene rings is 8. The van der Waals surface area contributed by atoms with Gasteiger partial charge >= 0.3 is 0 Å². The maximum absolute atomic E-state index is 2.49. The van der Waals surface area contributed by atoms with E-state index < -0.39 is 0 Å². The number of aromatic nitrogens is 1. The van der Waals surface area contributed by atoms with Gasteiger partial charge in [0.2, 0.25) is 0 Å². The van der Waals surface area contributed by atoms with Crippen molar-refractivity contribution in [3.05, 3.63) is 194 Å². The zero-order valence-electron chi connectivity index (χ0n) is 27.3. The Balaban J connectivity index is 1.36. The Labute approximate surface area is 286 Å². The van der Waals surface area contributed by atoms with Crippen LogP contribution in [0.1, 0.15) is 5.56 Å². The summed E-state index contributed by atoms with van der Waals surface area (Å²) in [4.78, 5) is 2.49. The normalized spacial score (nSPS) is 11.4. The van der Waals surface area contributed by atoms with Gasteiger partial charge in [-0.25, -0.2) is 0 Å². The Morgan fingerprint density at radius 2 is 1.02 bits per heavy atom. The molecule has 0 aliphatic heterocycles. The van der Waals surface area contributed by atoms with Gasteiger partial charge in [0.1, 0.15) is 0 Å². The molecule has 0 aliphatic rings. The molecule has 0 radical (unpaired) electrons. The summed E-state index contributed by atoms with van der Waals surface area (Å²) in [6, 6.07) is 68.0. The molecule has 2 heteroatoms. The predicted molar refractivity (Wildman–Crippen MR) is 209 cm³/mol. The van der Waals surface area contributed by atoms with Crippen LogP contribution < -0.4 is 4.90 Å². The van der Waals surface area contributed by atoms with Crippen molar-refractivity contribution < 1.29 is 0 Å². The van der Waals surface area contributed by atoms with Crippen LogP contribution in [0.5, 0.6) is 0 Å². The molecule has 0 atom stereocenters. The van der Waals surface area contributed by atoms with Crippen LogP contribution >= 0.6 is 0 Å². The Morgan fingerprint density at radius 3 is 1.84 bits per heavy atom. The zero-order valence-corrected chi connectivity index (χ0v) is 27.3. The average molecular weight is 627 g/mol. The summed E-state index contributed by atoms with van der Waals surface area (Å²) >= 11 is 0. The smallest absolute Gasteiger partial charge is 0.0569 e. The van der Waals surface area contributed by atoms with Gasteiger partial charge in [0.05, 0.1) is 22.4 Å². The molecule has 2 nitrogen and oxygen atoms in total. The Bertz CT molecular complexity index is 2590. The Morgan fingerprint density at radius 1 is 0.429 bits per heavy atom. The molecular formula is C47H34N2. The number of hydrogen-bond acceptors (Lipinski definition) is 1. The fraction of sp³-hybridized carbons (Fsp3) is 0.0213. The summed E-state index contributed by atoms with van der Waals surface area (Å²) < 4.78 is 2.40. The standard InChI is InChI=1S/C47H34N2/c1-33-15-12-25-41(40-24-13-19-36-18-8-9-22-39(36)40)47(33)49(38-31-29-35(30-32-38)34-16-4-2-5-17-34)45-28-14-27-44-46(45)42-23-10-11-26-43(42)48(44)37-20-6-3-7-21-37/h2-32H,1H3. The summed E-state index contributed by atoms with van der Waals surface area (Å²) in [6.07, 6.45) is 0. The topological polar surface area (TPSA) is 8.17 Å². The molecule has 1 heterocycles. The summed E-state index contributed by atoms with van der Waals surface area (Å²) in [5, 5.41) is 4.93. The molecule has 0 saturated heterocycles. The first-order valence-electron chi connectivity index (χ1n) is 16.9. The van der Waals surface area contributed by atoms with Gasteiger partial charge < -0.3 is 9.47 Å². The largest absolute Gasteiger partial charge is 0.309 e. The van der Waals surface area contributed by atoms with Crippen molar-refractivity contribution >= 4 is 49.6 Å². The molecule has 0 bridgehead atoms. The predicted octanol–water partition coefficient (Wildman–Crippen LogP) is 13.0. The number of hydrogen-bond donors (Lipinski definition) is 0. The monoisotopic (exact) mass is 626 g/mol. The van der Waals surface area contributed by atoms with Gasteiger partial charge in [0.25, 0.3) is 0 Å². The molecule has 232 valence electrons. The molecule has 9 rings (SSSR count). The average Bonchev–Trinajstić information content (AvgIpc) is 3.51. The van der Waals surface area contributed by atoms with Gasteiger partial charge in [-0.15, -0.1) is 0 Å². The number of aryl methyl sites for hydroxylation is 1. The first-order chi connectivity index (χ1) is 24.3. The first kappa shape index (κ1) is 28.8. The fourth-order valence-electron chi connectivity index (χ4n) is 7.50. The number of para-hydroxylation sites is 3. The van der Waals surface area contributed by atoms with Gasteiger partial charge in [-0.1, -0.05) is 146 Å². The van der Waals surface area contributed by atoms with Crippen LogP contribution in [0.4, 0.5) is 17.1 Å². The second-order valence-corrected chi connectivity index (χ2v) is 12.6. The molecule has 0 unspecified atom stereocenters. The van der Waals surface area contributed by atoms with Crippen molar-refractivity contribution in [2.75, 3.05) is 4.90 Å². The summed E-state index contributed by atoms with van der Waals surface area (Å²) in [5.74, 6) is 0. The second kappa shape index (κ2) is 12.0. The molecule has 8 aromatic carbocycles. The molecule has 9 aromatic rings. The van der Waals surface area contributed by atoms with Crippen molar-refractivity contribution in [1.29, 1.82) is 0 Å². The molecular weight excluding hydrogens is 593 g/mol. The highest BCUT2D eigenvalue weighted by atomic mass is 15.2. The van der Waals surface area contributed by atoms with Crippen LogP contribution in [-0.2, 0) is 0 Å². The van der Waals surface area contributed by atoms with E-state index in [2.05, 4.69) is 204 Å². The highest BCUT2D eigenvalue weighted by Gasteiger charge is 2.24. The summed E-state index contributed by atoms with van der Waals surface area (Å²) in [7, 11) is 0. The molecule has 49 heavy (non-hydrogen) atoms. The number of fused-ring (bicyclic) bond motifs is 4. The van der Waals surface area contributed by atoms with Crippen LogP contribution in [0.2, 0.25) is 0 Å². The third-order valence-corrected chi connectivity index (χ3v) is 9.70. The van der Waals surface area contributed by atoms with Crippen LogP contribution in [0.25, 0.3) is 60.5 Å². The van der Waals surface area contributed by atoms with E-state index >= 15 is 0 Å². The van der Waals surface area contributed by atoms with E-state index in [4.69, 9.17) is 0 Å². The van der Waals surface area contributed by atoms with Crippen LogP contribution in [-0.4, -0.2) is 4.57 Å². The zero-order chi connectivity index (χ0) is 32.7. The van der Waals surface area contributed by atoms with Gasteiger partial charge in [-0.05, 0) is 82.4 Å². The number of anilines is 3. The molecule has 0 aliphatic carbocycles. The highest BCUT2D eigenvalue weighted by molar-refractivity contribution is 6.17. The molecule has 0 fully saturated rings. The number of nitrogens with zero attached hydrogens (tertiary/aromatic N) is 2. The lowest BCUT2D eigenvalue weighted by Crippen LogP contribution is -2.13. The third-order valence-electron chi connectivity index (χ3n) is 9.70. The number of rotatable bonds is 6. The molecule has 0 amide bonds. The van der Waals surface area contributed by atoms with E-state index in [0.717, 1.165) is 17.1 Å². The van der Waals surface area contributed by atoms with Gasteiger partial charge in [0.15, 0.2) is 0 Å². The van der Waals surface area contributed by atoms with E-state index in [9.17, 15) is 0 Å². The Hall–Kier alpha value is -6.38. The molecule has 0 saturated carbocycles. The van der Waals surface area contributed by atoms with E-state index in [-0.39, 0.29) is 0 Å². The fourth-order valence-corrected chi connectivity index (χ4v) is 7.50. The first-order valence-corrected chi connectivity index (χ1v) is 16.9. The maximum atomic E-state index is 2.49. The molecule has 0 spiro atoms. The molecule has 1 aromatic heterocycles. The third kappa shape index (κ3) is 4.89. The van der Waals surface area contributed by atoms with Crippen molar-refractivity contribution in [3.63, 3.8) is 0 Å². The van der Waals surface area contributed by atoms with Crippen molar-refractivity contribution in [2.24, 2.45) is 0 Å². The van der Waals surface area contributed by atoms with Crippen LogP contribution in [0, 0.1) is 6.92 Å². The van der Waals surface area contributed by atoms with Crippen LogP contribution in [0.3, 0.4) is 0 Å². The van der Waals surface area contributed by atoms with Crippen molar-refractivity contribution in [1.82, 2.24) is 4.57 Å². The minimum atomic E-state index is 1.11. The second-order valence-electron chi connectivity index (χ2n) is 12.6. The van der Waals surface area contributed by atoms with E-state index in [0.29, 0.717) is 0 Å². The summed E-state index contributed by atoms with van der Waals surface area (Å²) in [6.45, 7) is 2.24. The van der Waals surface area contributed by atoms with Gasteiger partial charge in [-0.3, -0.25) is 0 Å². The minimum absolute atomic E-state index is 1.11. The van der Waals surface area contributed by atoms with Crippen LogP contribution in [0.15, 0.2) is 188 Å². The maximum Gasteiger partial charge on any atom is 0.0569 e. The minimum Gasteiger partial charge on any atom is -0.309 e. The summed E-state index contributed by atoms with van der Waals surface area (Å²) in [5.41, 5.74) is 13.0. The Kier molecular flexibility index (Phi) is 7.06. The quantitative estimate of drug-likeness (QED) is 0.178. The van der Waals surface area contributed by atoms with E-state index in [1.54, 1.807) is 0 Å². The van der Waals surface area contributed by atoms with Crippen molar-refractivity contribution in [2.45, 2.75) is 6.92 Å². The van der Waals surface area contributed by atoms with E-state index in [1.807, 2.05) is 0 Å².